The Labute approximate surface area is 689 Å². The molecule has 0 N–H and O–H groups in total. The van der Waals surface area contributed by atoms with Crippen molar-refractivity contribution in [1.29, 1.82) is 0 Å². The normalized spacial score (nSPS) is 10.9. The maximum absolute atomic E-state index is 5.91. The van der Waals surface area contributed by atoms with Crippen molar-refractivity contribution < 1.29 is 56.8 Å². The zero-order chi connectivity index (χ0) is 85.8. The molecular weight excluding hydrogens is 1470 g/mol. The van der Waals surface area contributed by atoms with Gasteiger partial charge in [0.2, 0.25) is 0 Å². The molecule has 0 fully saturated rings. The fourth-order valence-electron chi connectivity index (χ4n) is 16.6. The fraction of sp³-hybridized carbons (Fsp3) is 0.344. The highest BCUT2D eigenvalue weighted by Gasteiger charge is 2.31. The van der Waals surface area contributed by atoms with Crippen LogP contribution in [0.25, 0.3) is 102 Å². The first-order valence-electron chi connectivity index (χ1n) is 38.6. The Morgan fingerprint density at radius 2 is 0.325 bits per heavy atom. The molecule has 117 heavy (non-hydrogen) atoms. The lowest BCUT2D eigenvalue weighted by molar-refractivity contribution is 0.387. The molecule has 3 aromatic heterocycles. The van der Waals surface area contributed by atoms with E-state index in [0.29, 0.717) is 104 Å². The molecule has 21 heteroatoms. The van der Waals surface area contributed by atoms with Crippen LogP contribution in [0.5, 0.6) is 69.0 Å². The van der Waals surface area contributed by atoms with Gasteiger partial charge in [0.25, 0.3) is 0 Å². The smallest absolute Gasteiger partial charge is 0.168 e. The molecule has 0 atom stereocenters. The lowest BCUT2D eigenvalue weighted by Crippen LogP contribution is -2.07. The molecule has 0 aliphatic carbocycles. The van der Waals surface area contributed by atoms with E-state index in [1.165, 1.54) is 16.7 Å². The molecule has 12 rings (SSSR count). The van der Waals surface area contributed by atoms with E-state index in [2.05, 4.69) is 98.7 Å². The van der Waals surface area contributed by atoms with Gasteiger partial charge in [0.05, 0.1) is 119 Å². The summed E-state index contributed by atoms with van der Waals surface area (Å²) in [6.07, 6.45) is 0. The van der Waals surface area contributed by atoms with Crippen LogP contribution in [0.2, 0.25) is 0 Å². The second-order valence-electron chi connectivity index (χ2n) is 29.8. The minimum Gasteiger partial charge on any atom is -0.496 e. The SMILES string of the molecule is COc1c(C)cc(-c2nc(-c3c(C)cc(C)cc3C)nc(-c3c(C)cc(C)cc3C)n2)c(OC)c1C.COc1cc(C)c(-c2nc(-c3cc(C)c(OC)c(C)c3OC)nc(-c3c(C)cc(C)cc3C)n2)c(OC)c1C.COc1cc(C)c(-c2nc(-c3cc(C)c(OC)c(C)c3OC)nc(-c3c(C)cc(OC)c(C)c3OC)n2)c(OC)c1C. The first kappa shape index (κ1) is 87.0. The number of methoxy groups -OCH3 is 12. The summed E-state index contributed by atoms with van der Waals surface area (Å²) in [4.78, 5) is 45.3. The van der Waals surface area contributed by atoms with Gasteiger partial charge in [-0.2, -0.15) is 0 Å². The molecule has 0 aliphatic heterocycles. The average molecular weight is 1580 g/mol. The molecule has 21 nitrogen and oxygen atoms in total. The van der Waals surface area contributed by atoms with Gasteiger partial charge in [-0.3, -0.25) is 0 Å². The third-order valence-electron chi connectivity index (χ3n) is 21.5. The molecule has 612 valence electrons. The van der Waals surface area contributed by atoms with Crippen molar-refractivity contribution in [2.45, 2.75) is 145 Å². The van der Waals surface area contributed by atoms with Gasteiger partial charge < -0.3 is 56.8 Å². The maximum atomic E-state index is 5.91. The molecule has 0 aliphatic rings. The third kappa shape index (κ3) is 16.9. The Hall–Kier alpha value is -12.4. The van der Waals surface area contributed by atoms with Gasteiger partial charge in [-0.05, 0) is 249 Å². The molecule has 3 heterocycles. The van der Waals surface area contributed by atoms with E-state index in [-0.39, 0.29) is 0 Å². The molecule has 0 radical (unpaired) electrons. The van der Waals surface area contributed by atoms with Gasteiger partial charge in [0.1, 0.15) is 69.0 Å². The summed E-state index contributed by atoms with van der Waals surface area (Å²) in [6, 6.07) is 24.9. The maximum Gasteiger partial charge on any atom is 0.168 e. The Kier molecular flexibility index (Phi) is 26.9. The van der Waals surface area contributed by atoms with Crippen LogP contribution in [0.1, 0.15) is 117 Å². The topological polar surface area (TPSA) is 227 Å². The number of hydrogen-bond donors (Lipinski definition) is 0. The molecule has 0 amide bonds. The standard InChI is InChI=1S/C33H39N3O6.C32H37N3O4.C31H35N3O2/c1-16-14-23(37-7)19(4)29(41-11)25(16)32-34-31(22-13-18(3)27(39-9)21(6)28(22)40-10)35-33(36-32)26-17(2)15-24(38-8)20(5)30(26)42-12;1-16-12-17(2)25(18(3)13-16)31-33-30(23-14-20(5)27(37-9)22(7)28(23)38-10)34-32(35-31)26-19(4)15-24(36-8)21(6)29(26)39-11;1-16-11-18(3)25(19(4)12-16)30-32-29(24-15-22(7)27(35-9)23(8)28(24)36-10)33-31(34-30)26-20(5)13-17(2)14-21(26)6/h13-15H,1-12H3;12-15H,1-11H3;11-15H,1-10H3. The Morgan fingerprint density at radius 3 is 0.504 bits per heavy atom. The van der Waals surface area contributed by atoms with Gasteiger partial charge >= 0.3 is 0 Å². The van der Waals surface area contributed by atoms with Gasteiger partial charge in [-0.25, -0.2) is 44.9 Å². The molecule has 0 bridgehead atoms. The summed E-state index contributed by atoms with van der Waals surface area (Å²) in [5, 5.41) is 0. The van der Waals surface area contributed by atoms with Crippen molar-refractivity contribution in [2.75, 3.05) is 85.3 Å². The summed E-state index contributed by atoms with van der Waals surface area (Å²) < 4.78 is 69.2. The predicted octanol–water partition coefficient (Wildman–Crippen LogP) is 21.2. The Bertz CT molecular complexity index is 5620. The summed E-state index contributed by atoms with van der Waals surface area (Å²) >= 11 is 0. The van der Waals surface area contributed by atoms with Crippen LogP contribution in [0.3, 0.4) is 0 Å². The van der Waals surface area contributed by atoms with Crippen LogP contribution >= 0.6 is 0 Å². The van der Waals surface area contributed by atoms with Gasteiger partial charge in [0, 0.05) is 50.1 Å². The number of nitrogens with zero attached hydrogens (tertiary/aromatic N) is 9. The van der Waals surface area contributed by atoms with E-state index < -0.39 is 0 Å². The van der Waals surface area contributed by atoms with Crippen molar-refractivity contribution >= 4 is 0 Å². The minimum absolute atomic E-state index is 0.436. The molecule has 0 spiro atoms. The number of aryl methyl sites for hydroxylation is 15. The summed E-state index contributed by atoms with van der Waals surface area (Å²) in [7, 11) is 19.8. The third-order valence-corrected chi connectivity index (χ3v) is 21.5. The van der Waals surface area contributed by atoms with Gasteiger partial charge in [-0.1, -0.05) is 53.1 Å². The van der Waals surface area contributed by atoms with Crippen LogP contribution in [0.4, 0.5) is 0 Å². The highest BCUT2D eigenvalue weighted by Crippen LogP contribution is 2.49. The van der Waals surface area contributed by atoms with E-state index >= 15 is 0 Å². The number of ether oxygens (including phenoxy) is 12. The van der Waals surface area contributed by atoms with Gasteiger partial charge in [-0.15, -0.1) is 0 Å². The highest BCUT2D eigenvalue weighted by atomic mass is 16.5. The molecule has 0 unspecified atom stereocenters. The zero-order valence-corrected chi connectivity index (χ0v) is 74.4. The van der Waals surface area contributed by atoms with E-state index in [9.17, 15) is 0 Å². The summed E-state index contributed by atoms with van der Waals surface area (Å²) in [5.41, 5.74) is 28.8. The van der Waals surface area contributed by atoms with E-state index in [4.69, 9.17) is 102 Å². The van der Waals surface area contributed by atoms with Crippen LogP contribution in [0.15, 0.2) is 72.8 Å². The molecule has 0 saturated heterocycles. The van der Waals surface area contributed by atoms with Crippen molar-refractivity contribution in [3.63, 3.8) is 0 Å². The number of rotatable bonds is 21. The fourth-order valence-corrected chi connectivity index (χ4v) is 16.6. The van der Waals surface area contributed by atoms with Crippen LogP contribution in [-0.2, 0) is 0 Å². The predicted molar refractivity (Wildman–Crippen MR) is 467 cm³/mol. The van der Waals surface area contributed by atoms with E-state index in [0.717, 1.165) is 168 Å². The van der Waals surface area contributed by atoms with Crippen molar-refractivity contribution in [1.82, 2.24) is 44.9 Å². The second kappa shape index (κ2) is 36.2. The zero-order valence-electron chi connectivity index (χ0n) is 74.4. The largest absolute Gasteiger partial charge is 0.496 e. The second-order valence-corrected chi connectivity index (χ2v) is 29.8. The summed E-state index contributed by atoms with van der Waals surface area (Å²) in [6.45, 7) is 42.7. The first-order chi connectivity index (χ1) is 55.7. The molecular formula is C96H111N9O12. The van der Waals surface area contributed by atoms with Crippen LogP contribution < -0.4 is 56.8 Å². The highest BCUT2D eigenvalue weighted by molar-refractivity contribution is 5.84. The number of aromatic nitrogens is 9. The number of benzene rings is 9. The lowest BCUT2D eigenvalue weighted by Gasteiger charge is -2.20. The molecule has 0 saturated carbocycles. The average Bonchev–Trinajstić information content (AvgIpc) is 0.764. The molecule has 9 aromatic carbocycles. The van der Waals surface area contributed by atoms with Crippen molar-refractivity contribution in [2.24, 2.45) is 0 Å². The van der Waals surface area contributed by atoms with Crippen LogP contribution in [-0.4, -0.2) is 130 Å². The van der Waals surface area contributed by atoms with E-state index in [1.54, 1.807) is 85.3 Å². The monoisotopic (exact) mass is 1580 g/mol. The van der Waals surface area contributed by atoms with E-state index in [1.807, 2.05) is 119 Å². The van der Waals surface area contributed by atoms with Crippen molar-refractivity contribution in [3.05, 3.63) is 190 Å². The Morgan fingerprint density at radius 1 is 0.154 bits per heavy atom. The minimum atomic E-state index is 0.436. The quantitative estimate of drug-likeness (QED) is 0.0651. The van der Waals surface area contributed by atoms with Crippen molar-refractivity contribution in [3.8, 4) is 171 Å². The van der Waals surface area contributed by atoms with Crippen LogP contribution in [0, 0.1) is 145 Å². The number of hydrogen-bond acceptors (Lipinski definition) is 21. The lowest BCUT2D eigenvalue weighted by atomic mass is 9.97. The Balaban J connectivity index is 0.000000186. The van der Waals surface area contributed by atoms with Gasteiger partial charge in [0.15, 0.2) is 52.4 Å². The summed E-state index contributed by atoms with van der Waals surface area (Å²) in [5.74, 6) is 13.3. The molecule has 12 aromatic rings. The first-order valence-corrected chi connectivity index (χ1v) is 38.6.